The lowest BCUT2D eigenvalue weighted by Crippen LogP contribution is -2.26. The maximum absolute atomic E-state index is 13.2. The van der Waals surface area contributed by atoms with Crippen LogP contribution >= 0.6 is 23.6 Å². The van der Waals surface area contributed by atoms with Gasteiger partial charge in [0.25, 0.3) is 0 Å². The molecule has 5 nitrogen and oxygen atoms in total. The first-order valence-corrected chi connectivity index (χ1v) is 10.1. The Hall–Kier alpha value is -2.42. The summed E-state index contributed by atoms with van der Waals surface area (Å²) in [6.45, 7) is 2.66. The summed E-state index contributed by atoms with van der Waals surface area (Å²) in [4.78, 5) is 6.92. The third kappa shape index (κ3) is 3.50. The predicted octanol–water partition coefficient (Wildman–Crippen LogP) is 5.02. The molecule has 0 saturated heterocycles. The standard InChI is InChI=1S/C20H20FN5S2/c1-13(19-22-16-6-4-5-7-17(16)28-19)24(2)12-26-20(27)25(3)18(23-26)14-8-10-15(21)11-9-14/h4-11,13H,12H2,1-3H3/t13-/m0/s1. The Labute approximate surface area is 171 Å². The topological polar surface area (TPSA) is 38.9 Å². The van der Waals surface area contributed by atoms with Crippen molar-refractivity contribution in [3.05, 3.63) is 64.1 Å². The molecular formula is C20H20FN5S2. The van der Waals surface area contributed by atoms with Crippen LogP contribution in [0.15, 0.2) is 48.5 Å². The SMILES string of the molecule is C[C@@H](c1nc2ccccc2s1)N(C)Cn1nc(-c2ccc(F)cc2)n(C)c1=S. The minimum Gasteiger partial charge on any atom is -0.303 e. The highest BCUT2D eigenvalue weighted by atomic mass is 32.1. The molecule has 0 fully saturated rings. The fraction of sp³-hybridized carbons (Fsp3) is 0.250. The number of halogens is 1. The van der Waals surface area contributed by atoms with Crippen molar-refractivity contribution in [1.82, 2.24) is 24.2 Å². The first kappa shape index (κ1) is 18.9. The average molecular weight is 414 g/mol. The largest absolute Gasteiger partial charge is 0.303 e. The van der Waals surface area contributed by atoms with Crippen molar-refractivity contribution in [3.63, 3.8) is 0 Å². The van der Waals surface area contributed by atoms with E-state index in [0.717, 1.165) is 16.1 Å². The van der Waals surface area contributed by atoms with Gasteiger partial charge in [0.15, 0.2) is 10.6 Å². The van der Waals surface area contributed by atoms with Gasteiger partial charge in [-0.25, -0.2) is 14.1 Å². The molecule has 0 unspecified atom stereocenters. The second-order valence-electron chi connectivity index (χ2n) is 6.77. The van der Waals surface area contributed by atoms with E-state index in [0.29, 0.717) is 17.3 Å². The lowest BCUT2D eigenvalue weighted by Gasteiger charge is -2.22. The van der Waals surface area contributed by atoms with Gasteiger partial charge in [0, 0.05) is 12.6 Å². The maximum Gasteiger partial charge on any atom is 0.199 e. The van der Waals surface area contributed by atoms with E-state index < -0.39 is 0 Å². The molecule has 1 atom stereocenters. The van der Waals surface area contributed by atoms with Crippen LogP contribution in [0.5, 0.6) is 0 Å². The molecule has 0 N–H and O–H groups in total. The van der Waals surface area contributed by atoms with Crippen molar-refractivity contribution in [2.75, 3.05) is 7.05 Å². The second kappa shape index (κ2) is 7.54. The fourth-order valence-corrected chi connectivity index (χ4v) is 4.29. The zero-order valence-corrected chi connectivity index (χ0v) is 17.5. The monoisotopic (exact) mass is 413 g/mol. The average Bonchev–Trinajstić information content (AvgIpc) is 3.25. The molecule has 0 aliphatic carbocycles. The van der Waals surface area contributed by atoms with E-state index in [1.54, 1.807) is 28.2 Å². The Morgan fingerprint density at radius 2 is 1.89 bits per heavy atom. The number of rotatable bonds is 5. The minimum absolute atomic E-state index is 0.121. The van der Waals surface area contributed by atoms with E-state index >= 15 is 0 Å². The van der Waals surface area contributed by atoms with Gasteiger partial charge < -0.3 is 4.57 Å². The molecule has 8 heteroatoms. The van der Waals surface area contributed by atoms with Crippen LogP contribution in [0.4, 0.5) is 4.39 Å². The summed E-state index contributed by atoms with van der Waals surface area (Å²) in [5.74, 6) is 0.444. The third-order valence-corrected chi connectivity index (χ3v) is 6.52. The Bertz CT molecular complexity index is 1140. The highest BCUT2D eigenvalue weighted by Crippen LogP contribution is 2.29. The van der Waals surface area contributed by atoms with E-state index in [2.05, 4.69) is 23.0 Å². The molecular weight excluding hydrogens is 393 g/mol. The maximum atomic E-state index is 13.2. The Balaban J connectivity index is 1.58. The van der Waals surface area contributed by atoms with Crippen LogP contribution in [0.3, 0.4) is 0 Å². The van der Waals surface area contributed by atoms with Gasteiger partial charge in [-0.1, -0.05) is 12.1 Å². The van der Waals surface area contributed by atoms with Crippen molar-refractivity contribution >= 4 is 33.8 Å². The number of hydrogen-bond donors (Lipinski definition) is 0. The number of thiazole rings is 1. The number of benzene rings is 2. The lowest BCUT2D eigenvalue weighted by molar-refractivity contribution is 0.194. The predicted molar refractivity (Wildman–Crippen MR) is 113 cm³/mol. The lowest BCUT2D eigenvalue weighted by atomic mass is 10.2. The number of hydrogen-bond acceptors (Lipinski definition) is 5. The molecule has 28 heavy (non-hydrogen) atoms. The molecule has 0 spiro atoms. The van der Waals surface area contributed by atoms with Gasteiger partial charge in [-0.15, -0.1) is 11.3 Å². The Morgan fingerprint density at radius 1 is 1.18 bits per heavy atom. The highest BCUT2D eigenvalue weighted by Gasteiger charge is 2.18. The van der Waals surface area contributed by atoms with E-state index in [-0.39, 0.29) is 11.9 Å². The molecule has 4 rings (SSSR count). The van der Waals surface area contributed by atoms with Gasteiger partial charge in [0.1, 0.15) is 10.8 Å². The van der Waals surface area contributed by atoms with Crippen molar-refractivity contribution in [1.29, 1.82) is 0 Å². The van der Waals surface area contributed by atoms with Gasteiger partial charge in [-0.2, -0.15) is 5.10 Å². The van der Waals surface area contributed by atoms with E-state index in [1.807, 2.05) is 36.9 Å². The van der Waals surface area contributed by atoms with Crippen molar-refractivity contribution in [2.45, 2.75) is 19.6 Å². The minimum atomic E-state index is -0.270. The van der Waals surface area contributed by atoms with Crippen LogP contribution in [0.1, 0.15) is 18.0 Å². The van der Waals surface area contributed by atoms with E-state index in [4.69, 9.17) is 17.2 Å². The van der Waals surface area contributed by atoms with Crippen molar-refractivity contribution in [3.8, 4) is 11.4 Å². The van der Waals surface area contributed by atoms with Gasteiger partial charge in [0.2, 0.25) is 0 Å². The fourth-order valence-electron chi connectivity index (χ4n) is 3.02. The van der Waals surface area contributed by atoms with Crippen LogP contribution in [-0.4, -0.2) is 31.3 Å². The van der Waals surface area contributed by atoms with Gasteiger partial charge in [0.05, 0.1) is 22.9 Å². The number of nitrogens with zero attached hydrogens (tertiary/aromatic N) is 5. The highest BCUT2D eigenvalue weighted by molar-refractivity contribution is 7.71. The van der Waals surface area contributed by atoms with E-state index in [9.17, 15) is 4.39 Å². The van der Waals surface area contributed by atoms with Gasteiger partial charge >= 0.3 is 0 Å². The van der Waals surface area contributed by atoms with Crippen molar-refractivity contribution in [2.24, 2.45) is 7.05 Å². The summed E-state index contributed by atoms with van der Waals surface area (Å²) in [7, 11) is 3.91. The summed E-state index contributed by atoms with van der Waals surface area (Å²) < 4.78 is 18.7. The van der Waals surface area contributed by atoms with Crippen LogP contribution in [0.25, 0.3) is 21.6 Å². The quantitative estimate of drug-likeness (QED) is 0.431. The number of aromatic nitrogens is 4. The first-order chi connectivity index (χ1) is 13.4. The Morgan fingerprint density at radius 3 is 2.61 bits per heavy atom. The van der Waals surface area contributed by atoms with Crippen LogP contribution in [0.2, 0.25) is 0 Å². The molecule has 144 valence electrons. The summed E-state index contributed by atoms with van der Waals surface area (Å²) in [6.07, 6.45) is 0. The van der Waals surface area contributed by atoms with Crippen LogP contribution < -0.4 is 0 Å². The van der Waals surface area contributed by atoms with E-state index in [1.165, 1.54) is 16.8 Å². The number of fused-ring (bicyclic) bond motifs is 1. The molecule has 0 amide bonds. The van der Waals surface area contributed by atoms with Crippen molar-refractivity contribution < 1.29 is 4.39 Å². The van der Waals surface area contributed by atoms with Crippen LogP contribution in [0, 0.1) is 10.6 Å². The third-order valence-electron chi connectivity index (χ3n) is 4.83. The molecule has 0 saturated carbocycles. The first-order valence-electron chi connectivity index (χ1n) is 8.89. The summed E-state index contributed by atoms with van der Waals surface area (Å²) in [5, 5.41) is 5.72. The van der Waals surface area contributed by atoms with Gasteiger partial charge in [-0.3, -0.25) is 4.90 Å². The molecule has 2 heterocycles. The van der Waals surface area contributed by atoms with Gasteiger partial charge in [-0.05, 0) is 62.6 Å². The summed E-state index contributed by atoms with van der Waals surface area (Å²) in [6, 6.07) is 14.6. The summed E-state index contributed by atoms with van der Waals surface area (Å²) in [5.41, 5.74) is 1.85. The molecule has 0 bridgehead atoms. The zero-order valence-electron chi connectivity index (χ0n) is 15.8. The molecule has 2 aromatic carbocycles. The smallest absolute Gasteiger partial charge is 0.199 e. The summed E-state index contributed by atoms with van der Waals surface area (Å²) >= 11 is 7.27. The molecule has 0 aliphatic heterocycles. The number of para-hydroxylation sites is 1. The molecule has 0 aliphatic rings. The molecule has 2 aromatic heterocycles. The normalized spacial score (nSPS) is 12.8. The Kier molecular flexibility index (Phi) is 5.09. The molecule has 4 aromatic rings. The zero-order chi connectivity index (χ0) is 19.8. The van der Waals surface area contributed by atoms with Crippen LogP contribution in [-0.2, 0) is 13.7 Å². The molecule has 0 radical (unpaired) electrons. The second-order valence-corrected chi connectivity index (χ2v) is 8.19.